The van der Waals surface area contributed by atoms with E-state index in [4.69, 9.17) is 23.2 Å². The Kier molecular flexibility index (Phi) is 984. The molecule has 0 aliphatic carbocycles. The lowest BCUT2D eigenvalue weighted by molar-refractivity contribution is 1.11. The highest BCUT2D eigenvalue weighted by atomic mass is 35.5. The van der Waals surface area contributed by atoms with Gasteiger partial charge in [-0.3, -0.25) is 28.2 Å². The molecule has 0 aromatic rings. The van der Waals surface area contributed by atoms with E-state index in [1.165, 1.54) is 0 Å². The molecule has 0 heterocycles. The summed E-state index contributed by atoms with van der Waals surface area (Å²) in [7, 11) is 0. The molecule has 0 rings (SSSR count). The summed E-state index contributed by atoms with van der Waals surface area (Å²) >= 11 is 10.1. The highest BCUT2D eigenvalue weighted by Gasteiger charge is 1.61. The molecule has 0 amide bonds. The third-order valence-electron chi connectivity index (χ3n) is 0.0714. The van der Waals surface area contributed by atoms with Crippen LogP contribution in [0.3, 0.4) is 0 Å². The zero-order chi connectivity index (χ0) is 6.12. The Balaban J connectivity index is -0.00000000444. The first-order valence-electron chi connectivity index (χ1n) is 2.02. The monoisotopic (exact) mass is 260 g/mol. The van der Waals surface area contributed by atoms with Crippen LogP contribution in [0, 0.1) is 0 Å². The summed E-state index contributed by atoms with van der Waals surface area (Å²) in [5.41, 5.74) is 0. The molecule has 0 spiro atoms. The highest BCUT2D eigenvalue weighted by molar-refractivity contribution is 6.25. The van der Waals surface area contributed by atoms with Gasteiger partial charge in [0.15, 0.2) is 0 Å². The minimum absolute atomic E-state index is 0. The Hall–Kier alpha value is -0.100. The van der Waals surface area contributed by atoms with E-state index in [0.717, 1.165) is 0 Å². The van der Waals surface area contributed by atoms with E-state index in [9.17, 15) is 0 Å². The second-order valence-electron chi connectivity index (χ2n) is 0.786. The molecule has 0 bridgehead atoms. The summed E-state index contributed by atoms with van der Waals surface area (Å²) in [6.07, 6.45) is 1.75. The predicted molar refractivity (Wildman–Crippen MR) is 52.3 cm³/mol. The highest BCUT2D eigenvalue weighted by Crippen LogP contribution is 1.75. The zero-order valence-electron chi connectivity index (χ0n) is 6.90. The van der Waals surface area contributed by atoms with E-state index in [2.05, 4.69) is 6.58 Å². The second kappa shape index (κ2) is 168. The normalized spacial score (nSPS) is 3.31. The van der Waals surface area contributed by atoms with Crippen molar-refractivity contribution in [3.63, 3.8) is 0 Å². The smallest absolute Gasteiger partial charge is 0.0359 e. The summed E-state index contributed by atoms with van der Waals surface area (Å²) in [6, 6.07) is 0. The predicted octanol–water partition coefficient (Wildman–Crippen LogP) is 3.57. The van der Waals surface area contributed by atoms with Crippen molar-refractivity contribution < 1.29 is 28.2 Å². The first-order chi connectivity index (χ1) is 3.33. The van der Waals surface area contributed by atoms with Crippen molar-refractivity contribution in [2.75, 3.05) is 11.8 Å². The Morgan fingerprint density at radius 2 is 0.923 bits per heavy atom. The van der Waals surface area contributed by atoms with Gasteiger partial charge in [0.2, 0.25) is 0 Å². The fraction of sp³-hybridized carbons (Fsp3) is 0.600. The fourth-order valence-electron chi connectivity index (χ4n) is 0. The molecule has 0 N–H and O–H groups in total. The van der Waals surface area contributed by atoms with Crippen LogP contribution in [0.1, 0.15) is 6.92 Å². The van der Waals surface area contributed by atoms with E-state index in [1.54, 1.807) is 6.08 Å². The number of allylic oxidation sites excluding steroid dienone is 1. The third-order valence-corrected chi connectivity index (χ3v) is 0.643. The number of halogens is 8. The van der Waals surface area contributed by atoms with E-state index in [0.29, 0.717) is 11.8 Å². The first-order valence-corrected chi connectivity index (χ1v) is 3.09. The van der Waals surface area contributed by atoms with Gasteiger partial charge in [-0.1, -0.05) is 6.08 Å². The molecule has 0 aliphatic rings. The van der Waals surface area contributed by atoms with Gasteiger partial charge in [0.05, 0.1) is 0 Å². The molecule has 0 aromatic heterocycles. The minimum atomic E-state index is 0. The number of rotatable bonds is 1. The lowest BCUT2D eigenvalue weighted by atomic mass is 10.8. The molecule has 0 nitrogen and oxygen atoms in total. The molecule has 0 unspecified atom stereocenters. The summed E-state index contributed by atoms with van der Waals surface area (Å²) < 4.78 is 0. The average Bonchev–Trinajstić information content (AvgIpc) is 1.69. The van der Waals surface area contributed by atoms with E-state index in [-0.39, 0.29) is 28.2 Å². The maximum absolute atomic E-state index is 5.05. The van der Waals surface area contributed by atoms with Gasteiger partial charge in [0, 0.05) is 11.8 Å². The van der Waals surface area contributed by atoms with Gasteiger partial charge < -0.3 is 0 Å². The van der Waals surface area contributed by atoms with Crippen LogP contribution in [0.15, 0.2) is 12.7 Å². The topological polar surface area (TPSA) is 0 Å². The van der Waals surface area contributed by atoms with Crippen LogP contribution in [0.5, 0.6) is 0 Å². The Bertz CT molecular complexity index is 38.2. The van der Waals surface area contributed by atoms with Gasteiger partial charge in [0.25, 0.3) is 0 Å². The SMILES string of the molecule is C=CC.ClCCCl.F.F.F.F.F.F. The lowest BCUT2D eigenvalue weighted by Gasteiger charge is -1.63. The van der Waals surface area contributed by atoms with E-state index < -0.39 is 0 Å². The van der Waals surface area contributed by atoms with Gasteiger partial charge in [-0.2, -0.15) is 0 Å². The van der Waals surface area contributed by atoms with Crippen LogP contribution < -0.4 is 0 Å². The Morgan fingerprint density at radius 3 is 0.923 bits per heavy atom. The molecule has 8 heteroatoms. The van der Waals surface area contributed by atoms with E-state index >= 15 is 0 Å². The molecule has 0 aromatic carbocycles. The van der Waals surface area contributed by atoms with Gasteiger partial charge in [-0.05, 0) is 6.92 Å². The van der Waals surface area contributed by atoms with Crippen LogP contribution in [-0.2, 0) is 0 Å². The minimum Gasteiger partial charge on any atom is -0.269 e. The van der Waals surface area contributed by atoms with Gasteiger partial charge in [-0.15, -0.1) is 29.8 Å². The maximum Gasteiger partial charge on any atom is 0.0359 e. The molecule has 92 valence electrons. The van der Waals surface area contributed by atoms with Crippen LogP contribution in [0.2, 0.25) is 0 Å². The largest absolute Gasteiger partial charge is 0.269 e. The van der Waals surface area contributed by atoms with Crippen molar-refractivity contribution in [1.82, 2.24) is 0 Å². The summed E-state index contributed by atoms with van der Waals surface area (Å²) in [5.74, 6) is 1.11. The third kappa shape index (κ3) is 1440. The molecule has 0 saturated heterocycles. The number of hydrogen-bond donors (Lipinski definition) is 0. The summed E-state index contributed by atoms with van der Waals surface area (Å²) in [5, 5.41) is 0. The molecule has 0 radical (unpaired) electrons. The number of alkyl halides is 2. The lowest BCUT2D eigenvalue weighted by Crippen LogP contribution is -1.63. The van der Waals surface area contributed by atoms with Crippen LogP contribution in [0.25, 0.3) is 0 Å². The van der Waals surface area contributed by atoms with Crippen LogP contribution in [0.4, 0.5) is 28.2 Å². The van der Waals surface area contributed by atoms with Crippen molar-refractivity contribution in [2.45, 2.75) is 6.92 Å². The van der Waals surface area contributed by atoms with Crippen LogP contribution in [-0.4, -0.2) is 11.8 Å². The molecular formula is C5H16Cl2F6. The van der Waals surface area contributed by atoms with Gasteiger partial charge >= 0.3 is 0 Å². The fourth-order valence-corrected chi connectivity index (χ4v) is 0. The van der Waals surface area contributed by atoms with Crippen molar-refractivity contribution in [3.05, 3.63) is 12.7 Å². The second-order valence-corrected chi connectivity index (χ2v) is 1.54. The van der Waals surface area contributed by atoms with Crippen molar-refractivity contribution >= 4 is 23.2 Å². The Morgan fingerprint density at radius 1 is 0.846 bits per heavy atom. The maximum atomic E-state index is 5.05. The van der Waals surface area contributed by atoms with Gasteiger partial charge in [-0.25, -0.2) is 0 Å². The van der Waals surface area contributed by atoms with Crippen molar-refractivity contribution in [2.24, 2.45) is 0 Å². The van der Waals surface area contributed by atoms with Crippen LogP contribution >= 0.6 is 23.2 Å². The number of hydrogen-bond acceptors (Lipinski definition) is 0. The molecule has 0 saturated carbocycles. The van der Waals surface area contributed by atoms with Crippen molar-refractivity contribution in [1.29, 1.82) is 0 Å². The van der Waals surface area contributed by atoms with Gasteiger partial charge in [0.1, 0.15) is 0 Å². The molecule has 0 atom stereocenters. The molecule has 0 aliphatic heterocycles. The summed E-state index contributed by atoms with van der Waals surface area (Å²) in [4.78, 5) is 0. The molecule has 0 fully saturated rings. The average molecular weight is 261 g/mol. The molecular weight excluding hydrogens is 245 g/mol. The quantitative estimate of drug-likeness (QED) is 0.384. The zero-order valence-corrected chi connectivity index (χ0v) is 8.42. The first kappa shape index (κ1) is 76.1. The van der Waals surface area contributed by atoms with E-state index in [1.807, 2.05) is 6.92 Å². The summed E-state index contributed by atoms with van der Waals surface area (Å²) in [6.45, 7) is 5.25. The van der Waals surface area contributed by atoms with Crippen molar-refractivity contribution in [3.8, 4) is 0 Å². The Labute approximate surface area is 83.5 Å². The standard InChI is InChI=1S/C3H6.C2H4Cl2.6FH/c1-3-2;3-1-2-4;;;;;;/h3H,1H2,2H3;1-2H2;6*1H. The molecule has 13 heavy (non-hydrogen) atoms.